The molecule has 0 unspecified atom stereocenters. The summed E-state index contributed by atoms with van der Waals surface area (Å²) in [7, 11) is 3.13. The van der Waals surface area contributed by atoms with Crippen LogP contribution in [0.5, 0.6) is 11.5 Å². The van der Waals surface area contributed by atoms with Crippen LogP contribution in [0.25, 0.3) is 34.6 Å². The predicted molar refractivity (Wildman–Crippen MR) is 89.4 cm³/mol. The van der Waals surface area contributed by atoms with Gasteiger partial charge in [-0.25, -0.2) is 0 Å². The van der Waals surface area contributed by atoms with Crippen molar-refractivity contribution in [2.24, 2.45) is 0 Å². The second-order valence-corrected chi connectivity index (χ2v) is 5.16. The summed E-state index contributed by atoms with van der Waals surface area (Å²) in [6.45, 7) is 0. The van der Waals surface area contributed by atoms with E-state index in [1.54, 1.807) is 50.9 Å². The van der Waals surface area contributed by atoms with Gasteiger partial charge in [0.1, 0.15) is 0 Å². The van der Waals surface area contributed by atoms with Crippen LogP contribution in [0, 0.1) is 0 Å². The van der Waals surface area contributed by atoms with Crippen LogP contribution in [0.2, 0.25) is 0 Å². The van der Waals surface area contributed by atoms with Crippen LogP contribution in [0.15, 0.2) is 51.8 Å². The molecule has 0 saturated heterocycles. The summed E-state index contributed by atoms with van der Waals surface area (Å²) in [5, 5.41) is 7.86. The molecule has 9 heteroatoms. The maximum atomic E-state index is 5.28. The molecule has 0 N–H and O–H groups in total. The largest absolute Gasteiger partial charge is 0.493 e. The second kappa shape index (κ2) is 6.63. The number of hydrogen-bond donors (Lipinski definition) is 0. The van der Waals surface area contributed by atoms with Crippen molar-refractivity contribution in [2.75, 3.05) is 14.2 Å². The summed E-state index contributed by atoms with van der Waals surface area (Å²) < 4.78 is 20.9. The van der Waals surface area contributed by atoms with E-state index < -0.39 is 0 Å². The molecule has 3 heterocycles. The lowest BCUT2D eigenvalue weighted by molar-refractivity contribution is 0.355. The third-order valence-electron chi connectivity index (χ3n) is 3.60. The van der Waals surface area contributed by atoms with Crippen molar-refractivity contribution in [1.82, 2.24) is 25.3 Å². The van der Waals surface area contributed by atoms with Crippen LogP contribution in [0.1, 0.15) is 0 Å². The SMILES string of the molecule is COc1ccc(-c2noc(-c3nc(-c4cccnc4)no3)n2)cc1OC. The summed E-state index contributed by atoms with van der Waals surface area (Å²) in [5.41, 5.74) is 1.42. The molecule has 4 rings (SSSR count). The van der Waals surface area contributed by atoms with Gasteiger partial charge in [0.15, 0.2) is 11.5 Å². The summed E-state index contributed by atoms with van der Waals surface area (Å²) in [6.07, 6.45) is 3.30. The molecule has 0 spiro atoms. The van der Waals surface area contributed by atoms with Crippen LogP contribution >= 0.6 is 0 Å². The molecule has 0 aliphatic heterocycles. The Hall–Kier alpha value is -3.75. The molecule has 130 valence electrons. The van der Waals surface area contributed by atoms with E-state index in [0.29, 0.717) is 28.7 Å². The fourth-order valence-electron chi connectivity index (χ4n) is 2.33. The molecule has 0 aliphatic rings. The first-order chi connectivity index (χ1) is 12.8. The van der Waals surface area contributed by atoms with Crippen molar-refractivity contribution in [3.63, 3.8) is 0 Å². The summed E-state index contributed by atoms with van der Waals surface area (Å²) in [6, 6.07) is 8.92. The maximum Gasteiger partial charge on any atom is 0.316 e. The Labute approximate surface area is 147 Å². The Kier molecular flexibility index (Phi) is 4.02. The minimum absolute atomic E-state index is 0.123. The molecular formula is C17H13N5O4. The standard InChI is InChI=1S/C17H13N5O4/c1-23-12-6-5-10(8-13(12)24-2)14-19-16(25-21-14)17-20-15(22-26-17)11-4-3-7-18-9-11/h3-9H,1-2H3. The highest BCUT2D eigenvalue weighted by Gasteiger charge is 2.19. The van der Waals surface area contributed by atoms with E-state index in [-0.39, 0.29) is 11.8 Å². The van der Waals surface area contributed by atoms with Gasteiger partial charge in [-0.3, -0.25) is 4.98 Å². The quantitative estimate of drug-likeness (QED) is 0.536. The highest BCUT2D eigenvalue weighted by Crippen LogP contribution is 2.32. The van der Waals surface area contributed by atoms with Crippen LogP contribution in [-0.2, 0) is 0 Å². The predicted octanol–water partition coefficient (Wildman–Crippen LogP) is 2.87. The fourth-order valence-corrected chi connectivity index (χ4v) is 2.33. The molecule has 0 radical (unpaired) electrons. The van der Waals surface area contributed by atoms with E-state index in [0.717, 1.165) is 5.56 Å². The summed E-state index contributed by atoms with van der Waals surface area (Å²) >= 11 is 0. The lowest BCUT2D eigenvalue weighted by Crippen LogP contribution is -1.91. The van der Waals surface area contributed by atoms with Crippen molar-refractivity contribution >= 4 is 0 Å². The first kappa shape index (κ1) is 15.8. The van der Waals surface area contributed by atoms with Crippen molar-refractivity contribution in [3.8, 4) is 46.1 Å². The molecule has 26 heavy (non-hydrogen) atoms. The molecule has 9 nitrogen and oxygen atoms in total. The van der Waals surface area contributed by atoms with Crippen molar-refractivity contribution in [2.45, 2.75) is 0 Å². The summed E-state index contributed by atoms with van der Waals surface area (Å²) in [5.74, 6) is 2.17. The first-order valence-corrected chi connectivity index (χ1v) is 7.59. The van der Waals surface area contributed by atoms with E-state index in [1.165, 1.54) is 0 Å². The Morgan fingerprint density at radius 1 is 0.808 bits per heavy atom. The van der Waals surface area contributed by atoms with Gasteiger partial charge in [-0.05, 0) is 30.3 Å². The highest BCUT2D eigenvalue weighted by molar-refractivity contribution is 5.62. The smallest absolute Gasteiger partial charge is 0.316 e. The van der Waals surface area contributed by atoms with Gasteiger partial charge in [0, 0.05) is 23.5 Å². The van der Waals surface area contributed by atoms with Crippen molar-refractivity contribution in [1.29, 1.82) is 0 Å². The Bertz CT molecular complexity index is 1030. The average Bonchev–Trinajstić information content (AvgIpc) is 3.37. The van der Waals surface area contributed by atoms with Gasteiger partial charge in [-0.2, -0.15) is 9.97 Å². The van der Waals surface area contributed by atoms with Crippen molar-refractivity contribution in [3.05, 3.63) is 42.7 Å². The lowest BCUT2D eigenvalue weighted by Gasteiger charge is -2.07. The molecule has 4 aromatic rings. The second-order valence-electron chi connectivity index (χ2n) is 5.16. The minimum Gasteiger partial charge on any atom is -0.493 e. The number of ether oxygens (including phenoxy) is 2. The number of nitrogens with zero attached hydrogens (tertiary/aromatic N) is 5. The molecule has 0 atom stereocenters. The average molecular weight is 351 g/mol. The van der Waals surface area contributed by atoms with E-state index >= 15 is 0 Å². The van der Waals surface area contributed by atoms with Gasteiger partial charge >= 0.3 is 11.8 Å². The van der Waals surface area contributed by atoms with Crippen molar-refractivity contribution < 1.29 is 18.5 Å². The molecule has 1 aromatic carbocycles. The number of rotatable bonds is 5. The first-order valence-electron chi connectivity index (χ1n) is 7.59. The molecule has 0 bridgehead atoms. The monoisotopic (exact) mass is 351 g/mol. The number of hydrogen-bond acceptors (Lipinski definition) is 9. The Balaban J connectivity index is 1.64. The van der Waals surface area contributed by atoms with Gasteiger partial charge in [-0.15, -0.1) is 0 Å². The number of pyridine rings is 1. The number of aromatic nitrogens is 5. The number of methoxy groups -OCH3 is 2. The van der Waals surface area contributed by atoms with Crippen LogP contribution in [0.4, 0.5) is 0 Å². The molecule has 0 amide bonds. The van der Waals surface area contributed by atoms with Crippen LogP contribution in [0.3, 0.4) is 0 Å². The third-order valence-corrected chi connectivity index (χ3v) is 3.60. The Morgan fingerprint density at radius 3 is 2.12 bits per heavy atom. The molecule has 3 aromatic heterocycles. The van der Waals surface area contributed by atoms with E-state index in [4.69, 9.17) is 18.5 Å². The topological polar surface area (TPSA) is 109 Å². The van der Waals surface area contributed by atoms with Gasteiger partial charge in [0.05, 0.1) is 14.2 Å². The zero-order valence-electron chi connectivity index (χ0n) is 13.9. The van der Waals surface area contributed by atoms with E-state index in [9.17, 15) is 0 Å². The molecule has 0 saturated carbocycles. The highest BCUT2D eigenvalue weighted by atomic mass is 16.5. The van der Waals surface area contributed by atoms with Gasteiger partial charge < -0.3 is 18.5 Å². The van der Waals surface area contributed by atoms with Gasteiger partial charge in [-0.1, -0.05) is 10.3 Å². The van der Waals surface area contributed by atoms with Gasteiger partial charge in [0.2, 0.25) is 11.6 Å². The van der Waals surface area contributed by atoms with Crippen LogP contribution < -0.4 is 9.47 Å². The van der Waals surface area contributed by atoms with Crippen LogP contribution in [-0.4, -0.2) is 39.5 Å². The van der Waals surface area contributed by atoms with E-state index in [2.05, 4.69) is 25.3 Å². The maximum absolute atomic E-state index is 5.28. The normalized spacial score (nSPS) is 10.7. The summed E-state index contributed by atoms with van der Waals surface area (Å²) in [4.78, 5) is 12.6. The van der Waals surface area contributed by atoms with E-state index in [1.807, 2.05) is 6.07 Å². The zero-order chi connectivity index (χ0) is 17.9. The fraction of sp³-hybridized carbons (Fsp3) is 0.118. The number of benzene rings is 1. The molecule has 0 fully saturated rings. The zero-order valence-corrected chi connectivity index (χ0v) is 13.9. The lowest BCUT2D eigenvalue weighted by atomic mass is 10.2. The molecule has 0 aliphatic carbocycles. The third kappa shape index (κ3) is 2.86. The van der Waals surface area contributed by atoms with Gasteiger partial charge in [0.25, 0.3) is 0 Å². The minimum atomic E-state index is 0.123. The molecular weight excluding hydrogens is 338 g/mol. The Morgan fingerprint density at radius 2 is 1.50 bits per heavy atom.